The summed E-state index contributed by atoms with van der Waals surface area (Å²) in [7, 11) is 0. The van der Waals surface area contributed by atoms with Gasteiger partial charge < -0.3 is 14.2 Å². The summed E-state index contributed by atoms with van der Waals surface area (Å²) in [6.07, 6.45) is 0.789. The monoisotopic (exact) mass is 399 g/mol. The average Bonchev–Trinajstić information content (AvgIpc) is 2.72. The Morgan fingerprint density at radius 3 is 2.82 bits per heavy atom. The second-order valence-electron chi connectivity index (χ2n) is 6.16. The molecule has 0 amide bonds. The third kappa shape index (κ3) is 3.98. The lowest BCUT2D eigenvalue weighted by Gasteiger charge is -2.28. The van der Waals surface area contributed by atoms with Crippen LogP contribution in [-0.4, -0.2) is 11.0 Å². The van der Waals surface area contributed by atoms with Crippen LogP contribution in [0.2, 0.25) is 5.02 Å². The van der Waals surface area contributed by atoms with Crippen molar-refractivity contribution < 1.29 is 23.4 Å². The highest BCUT2D eigenvalue weighted by Crippen LogP contribution is 2.36. The van der Waals surface area contributed by atoms with Crippen molar-refractivity contribution in [3.05, 3.63) is 94.0 Å². The van der Waals surface area contributed by atoms with Gasteiger partial charge in [0, 0.05) is 27.9 Å². The van der Waals surface area contributed by atoms with Crippen molar-refractivity contribution in [2.75, 3.05) is 0 Å². The molecule has 5 nitrogen and oxygen atoms in total. The van der Waals surface area contributed by atoms with E-state index in [9.17, 15) is 9.18 Å². The molecule has 7 heteroatoms. The molecule has 0 spiro atoms. The highest BCUT2D eigenvalue weighted by atomic mass is 35.5. The van der Waals surface area contributed by atoms with E-state index in [1.54, 1.807) is 6.07 Å². The number of carbonyl (C=O) groups excluding carboxylic acids is 1. The van der Waals surface area contributed by atoms with Gasteiger partial charge in [-0.05, 0) is 24.3 Å². The van der Waals surface area contributed by atoms with Crippen LogP contribution in [0.5, 0.6) is 5.75 Å². The number of esters is 1. The molecule has 0 N–H and O–H groups in total. The Balaban J connectivity index is 1.55. The van der Waals surface area contributed by atoms with Gasteiger partial charge in [-0.1, -0.05) is 41.9 Å². The van der Waals surface area contributed by atoms with E-state index in [0.717, 1.165) is 5.56 Å². The van der Waals surface area contributed by atoms with E-state index < -0.39 is 18.1 Å². The Morgan fingerprint density at radius 2 is 2.04 bits per heavy atom. The van der Waals surface area contributed by atoms with Gasteiger partial charge in [-0.15, -0.1) is 0 Å². The summed E-state index contributed by atoms with van der Waals surface area (Å²) in [5, 5.41) is 0.372. The normalized spacial score (nSPS) is 15.4. The van der Waals surface area contributed by atoms with Gasteiger partial charge in [0.15, 0.2) is 0 Å². The zero-order valence-electron chi connectivity index (χ0n) is 14.6. The second kappa shape index (κ2) is 7.96. The minimum atomic E-state index is -0.660. The molecule has 1 aromatic heterocycles. The lowest BCUT2D eigenvalue weighted by atomic mass is 10.1. The SMILES string of the molecule is O=C(OCc1cc(F)cc2c1O[C@@H](c1ccccc1)OC2)c1cc(Cl)ccn1. The van der Waals surface area contributed by atoms with Gasteiger partial charge in [0.2, 0.25) is 6.29 Å². The fourth-order valence-electron chi connectivity index (χ4n) is 2.89. The number of fused-ring (bicyclic) bond motifs is 1. The van der Waals surface area contributed by atoms with E-state index in [2.05, 4.69) is 4.98 Å². The Bertz CT molecular complexity index is 1010. The van der Waals surface area contributed by atoms with Gasteiger partial charge in [-0.3, -0.25) is 0 Å². The molecule has 1 aliphatic heterocycles. The van der Waals surface area contributed by atoms with Crippen molar-refractivity contribution in [3.8, 4) is 5.75 Å². The first-order chi connectivity index (χ1) is 13.6. The number of hydrogen-bond donors (Lipinski definition) is 0. The molecule has 0 saturated heterocycles. The van der Waals surface area contributed by atoms with E-state index in [1.165, 1.54) is 24.4 Å². The maximum absolute atomic E-state index is 14.0. The van der Waals surface area contributed by atoms with Crippen LogP contribution in [-0.2, 0) is 22.7 Å². The van der Waals surface area contributed by atoms with E-state index in [1.807, 2.05) is 30.3 Å². The fraction of sp³-hybridized carbons (Fsp3) is 0.143. The van der Waals surface area contributed by atoms with Crippen molar-refractivity contribution in [1.29, 1.82) is 0 Å². The number of rotatable bonds is 4. The highest BCUT2D eigenvalue weighted by molar-refractivity contribution is 6.30. The van der Waals surface area contributed by atoms with Crippen molar-refractivity contribution in [2.24, 2.45) is 0 Å². The number of halogens is 2. The molecule has 0 radical (unpaired) electrons. The summed E-state index contributed by atoms with van der Waals surface area (Å²) in [5.74, 6) is -0.670. The van der Waals surface area contributed by atoms with E-state index in [0.29, 0.717) is 21.9 Å². The molecular formula is C21H15ClFNO4. The van der Waals surface area contributed by atoms with Gasteiger partial charge in [-0.2, -0.15) is 0 Å². The predicted octanol–water partition coefficient (Wildman–Crippen LogP) is 4.84. The first-order valence-corrected chi connectivity index (χ1v) is 8.91. The Morgan fingerprint density at radius 1 is 1.21 bits per heavy atom. The summed E-state index contributed by atoms with van der Waals surface area (Å²) >= 11 is 5.86. The van der Waals surface area contributed by atoms with Crippen LogP contribution < -0.4 is 4.74 Å². The quantitative estimate of drug-likeness (QED) is 0.587. The highest BCUT2D eigenvalue weighted by Gasteiger charge is 2.25. The zero-order chi connectivity index (χ0) is 19.5. The molecule has 3 aromatic rings. The molecule has 0 aliphatic carbocycles. The number of hydrogen-bond acceptors (Lipinski definition) is 5. The van der Waals surface area contributed by atoms with Gasteiger partial charge in [-0.25, -0.2) is 14.2 Å². The number of pyridine rings is 1. The van der Waals surface area contributed by atoms with E-state index in [-0.39, 0.29) is 18.9 Å². The largest absolute Gasteiger partial charge is 0.460 e. The molecule has 0 fully saturated rings. The van der Waals surface area contributed by atoms with Crippen LogP contribution in [0.15, 0.2) is 60.8 Å². The smallest absolute Gasteiger partial charge is 0.357 e. The van der Waals surface area contributed by atoms with Crippen LogP contribution in [0.1, 0.15) is 33.5 Å². The van der Waals surface area contributed by atoms with Gasteiger partial charge in [0.05, 0.1) is 6.61 Å². The number of ether oxygens (including phenoxy) is 3. The molecule has 4 rings (SSSR count). The third-order valence-corrected chi connectivity index (χ3v) is 4.42. The first kappa shape index (κ1) is 18.4. The fourth-order valence-corrected chi connectivity index (χ4v) is 3.05. The van der Waals surface area contributed by atoms with Crippen molar-refractivity contribution in [2.45, 2.75) is 19.5 Å². The number of nitrogens with zero attached hydrogens (tertiary/aromatic N) is 1. The van der Waals surface area contributed by atoms with Gasteiger partial charge in [0.25, 0.3) is 0 Å². The molecule has 0 bridgehead atoms. The van der Waals surface area contributed by atoms with Crippen molar-refractivity contribution >= 4 is 17.6 Å². The maximum atomic E-state index is 14.0. The minimum Gasteiger partial charge on any atom is -0.460 e. The molecule has 1 aliphatic rings. The summed E-state index contributed by atoms with van der Waals surface area (Å²) in [6.45, 7) is 0.0120. The van der Waals surface area contributed by atoms with Crippen LogP contribution in [0.25, 0.3) is 0 Å². The summed E-state index contributed by atoms with van der Waals surface area (Å²) in [4.78, 5) is 16.1. The first-order valence-electron chi connectivity index (χ1n) is 8.53. The minimum absolute atomic E-state index is 0.0733. The maximum Gasteiger partial charge on any atom is 0.357 e. The molecular weight excluding hydrogens is 385 g/mol. The van der Waals surface area contributed by atoms with E-state index >= 15 is 0 Å². The van der Waals surface area contributed by atoms with Crippen LogP contribution in [0.4, 0.5) is 4.39 Å². The molecule has 2 heterocycles. The molecule has 28 heavy (non-hydrogen) atoms. The summed E-state index contributed by atoms with van der Waals surface area (Å²) in [6, 6.07) is 15.0. The van der Waals surface area contributed by atoms with E-state index in [4.69, 9.17) is 25.8 Å². The molecule has 2 aromatic carbocycles. The van der Waals surface area contributed by atoms with Crippen LogP contribution in [0.3, 0.4) is 0 Å². The van der Waals surface area contributed by atoms with Crippen LogP contribution >= 0.6 is 11.6 Å². The standard InChI is InChI=1S/C21H15ClFNO4/c22-16-6-7-24-18(10-16)20(25)26-11-14-8-17(23)9-15-12-27-21(28-19(14)15)13-4-2-1-3-5-13/h1-10,21H,11-12H2/t21-/m0/s1. The van der Waals surface area contributed by atoms with Crippen molar-refractivity contribution in [1.82, 2.24) is 4.98 Å². The van der Waals surface area contributed by atoms with Gasteiger partial charge >= 0.3 is 5.97 Å². The van der Waals surface area contributed by atoms with Gasteiger partial charge in [0.1, 0.15) is 23.9 Å². The number of aromatic nitrogens is 1. The molecule has 142 valence electrons. The summed E-state index contributed by atoms with van der Waals surface area (Å²) < 4.78 is 30.9. The van der Waals surface area contributed by atoms with Crippen LogP contribution in [0, 0.1) is 5.82 Å². The molecule has 0 unspecified atom stereocenters. The Hall–Kier alpha value is -2.96. The average molecular weight is 400 g/mol. The Kier molecular flexibility index (Phi) is 5.23. The topological polar surface area (TPSA) is 57.7 Å². The lowest BCUT2D eigenvalue weighted by molar-refractivity contribution is -0.112. The second-order valence-corrected chi connectivity index (χ2v) is 6.60. The summed E-state index contributed by atoms with van der Waals surface area (Å²) in [5.41, 5.74) is 1.88. The van der Waals surface area contributed by atoms with Crippen molar-refractivity contribution in [3.63, 3.8) is 0 Å². The molecule has 1 atom stereocenters. The number of carbonyl (C=O) groups is 1. The lowest BCUT2D eigenvalue weighted by Crippen LogP contribution is -2.20. The Labute approximate surface area is 165 Å². The third-order valence-electron chi connectivity index (χ3n) is 4.18. The molecule has 0 saturated carbocycles. The predicted molar refractivity (Wildman–Crippen MR) is 99.4 cm³/mol. The number of benzene rings is 2. The zero-order valence-corrected chi connectivity index (χ0v) is 15.4.